The van der Waals surface area contributed by atoms with Crippen molar-refractivity contribution in [2.75, 3.05) is 20.1 Å². The molecule has 0 spiro atoms. The highest BCUT2D eigenvalue weighted by Gasteiger charge is 1.96. The van der Waals surface area contributed by atoms with Crippen LogP contribution in [0.5, 0.6) is 0 Å². The van der Waals surface area contributed by atoms with Crippen LogP contribution in [0.15, 0.2) is 5.16 Å². The predicted molar refractivity (Wildman–Crippen MR) is 45.8 cm³/mol. The molecule has 11 heavy (non-hydrogen) atoms. The molecule has 0 aliphatic heterocycles. The van der Waals surface area contributed by atoms with Gasteiger partial charge in [-0.15, -0.1) is 0 Å². The minimum Gasteiger partial charge on any atom is -0.409 e. The zero-order valence-electron chi connectivity index (χ0n) is 7.25. The third-order valence-corrected chi connectivity index (χ3v) is 1.64. The van der Waals surface area contributed by atoms with Gasteiger partial charge in [-0.05, 0) is 26.6 Å². The van der Waals surface area contributed by atoms with E-state index >= 15 is 0 Å². The fraction of sp³-hybridized carbons (Fsp3) is 0.857. The summed E-state index contributed by atoms with van der Waals surface area (Å²) in [4.78, 5) is 2.19. The molecular formula is C7H17N3O. The van der Waals surface area contributed by atoms with Crippen molar-refractivity contribution in [2.45, 2.75) is 19.8 Å². The maximum atomic E-state index is 8.21. The van der Waals surface area contributed by atoms with Gasteiger partial charge in [0.2, 0.25) is 0 Å². The molecule has 0 saturated carbocycles. The summed E-state index contributed by atoms with van der Waals surface area (Å²) in [6, 6.07) is 0. The first kappa shape index (κ1) is 10.2. The number of rotatable bonds is 5. The first-order valence-electron chi connectivity index (χ1n) is 3.85. The summed E-state index contributed by atoms with van der Waals surface area (Å²) in [5.74, 6) is 0.314. The van der Waals surface area contributed by atoms with Crippen LogP contribution in [0.4, 0.5) is 0 Å². The highest BCUT2D eigenvalue weighted by molar-refractivity contribution is 5.79. The van der Waals surface area contributed by atoms with Crippen LogP contribution in [0, 0.1) is 0 Å². The first-order chi connectivity index (χ1) is 5.20. The second-order valence-corrected chi connectivity index (χ2v) is 2.59. The van der Waals surface area contributed by atoms with Gasteiger partial charge in [0.15, 0.2) is 0 Å². The molecule has 0 aliphatic rings. The molecule has 0 amide bonds. The monoisotopic (exact) mass is 159 g/mol. The summed E-state index contributed by atoms with van der Waals surface area (Å²) in [6.07, 6.45) is 1.61. The Kier molecular flexibility index (Phi) is 5.56. The maximum Gasteiger partial charge on any atom is 0.139 e. The lowest BCUT2D eigenvalue weighted by atomic mass is 10.3. The van der Waals surface area contributed by atoms with Crippen molar-refractivity contribution in [3.05, 3.63) is 0 Å². The number of nitrogens with two attached hydrogens (primary N) is 1. The Hall–Kier alpha value is -0.770. The standard InChI is InChI=1S/C7H17N3O/c1-3-10(2)6-4-5-7(8)9-11/h11H,3-6H2,1-2H3,(H2,8,9). The SMILES string of the molecule is CCN(C)CCC/C(N)=N/O. The molecule has 0 aromatic rings. The van der Waals surface area contributed by atoms with E-state index in [1.165, 1.54) is 0 Å². The Morgan fingerprint density at radius 2 is 2.27 bits per heavy atom. The van der Waals surface area contributed by atoms with E-state index in [0.29, 0.717) is 12.3 Å². The second-order valence-electron chi connectivity index (χ2n) is 2.59. The smallest absolute Gasteiger partial charge is 0.139 e. The van der Waals surface area contributed by atoms with Crippen molar-refractivity contribution in [1.82, 2.24) is 4.90 Å². The molecule has 0 bridgehead atoms. The van der Waals surface area contributed by atoms with Crippen LogP contribution >= 0.6 is 0 Å². The maximum absolute atomic E-state index is 8.21. The number of hydrogen-bond acceptors (Lipinski definition) is 3. The molecular weight excluding hydrogens is 142 g/mol. The van der Waals surface area contributed by atoms with E-state index in [4.69, 9.17) is 10.9 Å². The molecule has 0 heterocycles. The average molecular weight is 159 g/mol. The summed E-state index contributed by atoms with van der Waals surface area (Å²) < 4.78 is 0. The summed E-state index contributed by atoms with van der Waals surface area (Å²) >= 11 is 0. The molecule has 66 valence electrons. The van der Waals surface area contributed by atoms with Gasteiger partial charge in [0.05, 0.1) is 0 Å². The molecule has 0 fully saturated rings. The van der Waals surface area contributed by atoms with Crippen LogP contribution in [0.25, 0.3) is 0 Å². The largest absolute Gasteiger partial charge is 0.409 e. The quantitative estimate of drug-likeness (QED) is 0.265. The fourth-order valence-electron chi connectivity index (χ4n) is 0.738. The summed E-state index contributed by atoms with van der Waals surface area (Å²) in [7, 11) is 2.05. The normalized spacial score (nSPS) is 12.5. The van der Waals surface area contributed by atoms with Crippen LogP contribution in [-0.4, -0.2) is 36.1 Å². The van der Waals surface area contributed by atoms with Gasteiger partial charge in [-0.3, -0.25) is 0 Å². The topological polar surface area (TPSA) is 61.8 Å². The van der Waals surface area contributed by atoms with Crippen molar-refractivity contribution in [3.63, 3.8) is 0 Å². The van der Waals surface area contributed by atoms with Gasteiger partial charge < -0.3 is 15.8 Å². The molecule has 4 nitrogen and oxygen atoms in total. The number of oxime groups is 1. The average Bonchev–Trinajstić information content (AvgIpc) is 2.04. The lowest BCUT2D eigenvalue weighted by Crippen LogP contribution is -2.21. The molecule has 0 aliphatic carbocycles. The van der Waals surface area contributed by atoms with Crippen LogP contribution in [0.3, 0.4) is 0 Å². The van der Waals surface area contributed by atoms with Gasteiger partial charge in [-0.1, -0.05) is 12.1 Å². The van der Waals surface area contributed by atoms with Crippen LogP contribution in [0.2, 0.25) is 0 Å². The van der Waals surface area contributed by atoms with Crippen LogP contribution < -0.4 is 5.73 Å². The highest BCUT2D eigenvalue weighted by Crippen LogP contribution is 1.91. The lowest BCUT2D eigenvalue weighted by Gasteiger charge is -2.12. The van der Waals surface area contributed by atoms with Gasteiger partial charge in [0.1, 0.15) is 5.84 Å². The van der Waals surface area contributed by atoms with Crippen molar-refractivity contribution in [1.29, 1.82) is 0 Å². The van der Waals surface area contributed by atoms with Crippen LogP contribution in [-0.2, 0) is 0 Å². The van der Waals surface area contributed by atoms with Gasteiger partial charge in [-0.25, -0.2) is 0 Å². The zero-order chi connectivity index (χ0) is 8.69. The first-order valence-corrected chi connectivity index (χ1v) is 3.85. The summed E-state index contributed by atoms with van der Waals surface area (Å²) in [5, 5.41) is 11.1. The number of hydrogen-bond donors (Lipinski definition) is 2. The molecule has 0 radical (unpaired) electrons. The Bertz CT molecular complexity index is 125. The number of amidine groups is 1. The second kappa shape index (κ2) is 5.97. The van der Waals surface area contributed by atoms with E-state index in [2.05, 4.69) is 17.0 Å². The van der Waals surface area contributed by atoms with Crippen molar-refractivity contribution in [3.8, 4) is 0 Å². The van der Waals surface area contributed by atoms with E-state index in [1.54, 1.807) is 0 Å². The summed E-state index contributed by atoms with van der Waals surface area (Å²) in [5.41, 5.74) is 5.28. The third kappa shape index (κ3) is 5.66. The molecule has 0 unspecified atom stereocenters. The third-order valence-electron chi connectivity index (χ3n) is 1.64. The minimum atomic E-state index is 0.314. The van der Waals surface area contributed by atoms with Gasteiger partial charge in [0, 0.05) is 6.42 Å². The Balaban J connectivity index is 3.27. The molecule has 0 aromatic carbocycles. The Labute approximate surface area is 67.7 Å². The Morgan fingerprint density at radius 1 is 1.64 bits per heavy atom. The van der Waals surface area contributed by atoms with Gasteiger partial charge in [-0.2, -0.15) is 0 Å². The van der Waals surface area contributed by atoms with Gasteiger partial charge >= 0.3 is 0 Å². The van der Waals surface area contributed by atoms with Crippen molar-refractivity contribution in [2.24, 2.45) is 10.9 Å². The summed E-state index contributed by atoms with van der Waals surface area (Å²) in [6.45, 7) is 4.13. The molecule has 0 saturated heterocycles. The molecule has 4 heteroatoms. The zero-order valence-corrected chi connectivity index (χ0v) is 7.25. The molecule has 3 N–H and O–H groups in total. The molecule has 0 atom stereocenters. The van der Waals surface area contributed by atoms with E-state index in [9.17, 15) is 0 Å². The fourth-order valence-corrected chi connectivity index (χ4v) is 0.738. The van der Waals surface area contributed by atoms with Crippen LogP contribution in [0.1, 0.15) is 19.8 Å². The Morgan fingerprint density at radius 3 is 2.73 bits per heavy atom. The molecule has 0 aromatic heterocycles. The highest BCUT2D eigenvalue weighted by atomic mass is 16.4. The van der Waals surface area contributed by atoms with E-state index in [1.807, 2.05) is 7.05 Å². The van der Waals surface area contributed by atoms with Crippen molar-refractivity contribution >= 4 is 5.84 Å². The predicted octanol–water partition coefficient (Wildman–Crippen LogP) is 0.465. The minimum absolute atomic E-state index is 0.314. The lowest BCUT2D eigenvalue weighted by molar-refractivity contribution is 0.314. The van der Waals surface area contributed by atoms with Crippen molar-refractivity contribution < 1.29 is 5.21 Å². The van der Waals surface area contributed by atoms with E-state index in [-0.39, 0.29) is 0 Å². The molecule has 0 rings (SSSR count). The number of nitrogens with zero attached hydrogens (tertiary/aromatic N) is 2. The van der Waals surface area contributed by atoms with Gasteiger partial charge in [0.25, 0.3) is 0 Å². The van der Waals surface area contributed by atoms with E-state index in [0.717, 1.165) is 19.5 Å². The van der Waals surface area contributed by atoms with E-state index < -0.39 is 0 Å².